The van der Waals surface area contributed by atoms with Crippen LogP contribution in [0.15, 0.2) is 35.5 Å². The molecule has 0 bridgehead atoms. The summed E-state index contributed by atoms with van der Waals surface area (Å²) in [6, 6.07) is 10.1. The molecule has 0 heterocycles. The van der Waals surface area contributed by atoms with Gasteiger partial charge in [0.1, 0.15) is 6.61 Å². The van der Waals surface area contributed by atoms with Gasteiger partial charge in [0.2, 0.25) is 0 Å². The Morgan fingerprint density at radius 3 is 2.65 bits per heavy atom. The predicted octanol–water partition coefficient (Wildman–Crippen LogP) is 4.41. The molecule has 2 heteroatoms. The van der Waals surface area contributed by atoms with Crippen molar-refractivity contribution in [1.29, 1.82) is 0 Å². The Balaban J connectivity index is 2.24. The van der Waals surface area contributed by atoms with E-state index in [0.29, 0.717) is 12.5 Å². The van der Waals surface area contributed by atoms with Gasteiger partial charge in [-0.15, -0.1) is 0 Å². The normalized spacial score (nSPS) is 12.8. The quantitative estimate of drug-likeness (QED) is 0.481. The van der Waals surface area contributed by atoms with Crippen LogP contribution in [-0.4, -0.2) is 6.21 Å². The van der Waals surface area contributed by atoms with Crippen LogP contribution in [0.2, 0.25) is 0 Å². The van der Waals surface area contributed by atoms with Crippen LogP contribution < -0.4 is 0 Å². The Kier molecular flexibility index (Phi) is 7.12. The van der Waals surface area contributed by atoms with Crippen LogP contribution in [0.5, 0.6) is 0 Å². The van der Waals surface area contributed by atoms with E-state index in [9.17, 15) is 0 Å². The Hall–Kier alpha value is -1.31. The molecule has 1 rings (SSSR count). The first-order chi connectivity index (χ1) is 8.36. The van der Waals surface area contributed by atoms with Crippen molar-refractivity contribution >= 4 is 6.21 Å². The van der Waals surface area contributed by atoms with E-state index in [1.165, 1.54) is 19.3 Å². The van der Waals surface area contributed by atoms with Gasteiger partial charge in [0.25, 0.3) is 0 Å². The predicted molar refractivity (Wildman–Crippen MR) is 73.0 cm³/mol. The van der Waals surface area contributed by atoms with Crippen molar-refractivity contribution in [2.45, 2.75) is 46.1 Å². The maximum atomic E-state index is 5.30. The van der Waals surface area contributed by atoms with Gasteiger partial charge in [0.15, 0.2) is 0 Å². The van der Waals surface area contributed by atoms with Crippen molar-refractivity contribution in [3.8, 4) is 0 Å². The van der Waals surface area contributed by atoms with Crippen molar-refractivity contribution in [2.75, 3.05) is 0 Å². The van der Waals surface area contributed by atoms with Gasteiger partial charge in [-0.3, -0.25) is 0 Å². The molecule has 0 saturated heterocycles. The van der Waals surface area contributed by atoms with E-state index in [1.807, 2.05) is 36.5 Å². The summed E-state index contributed by atoms with van der Waals surface area (Å²) in [6.07, 6.45) is 6.82. The van der Waals surface area contributed by atoms with Gasteiger partial charge in [-0.2, -0.15) is 0 Å². The Morgan fingerprint density at radius 2 is 2.00 bits per heavy atom. The summed E-state index contributed by atoms with van der Waals surface area (Å²) < 4.78 is 0. The van der Waals surface area contributed by atoms with Crippen LogP contribution >= 0.6 is 0 Å². The molecule has 0 N–H and O–H groups in total. The maximum absolute atomic E-state index is 5.30. The number of hydrogen-bond acceptors (Lipinski definition) is 2. The van der Waals surface area contributed by atoms with Crippen molar-refractivity contribution < 1.29 is 4.84 Å². The van der Waals surface area contributed by atoms with Gasteiger partial charge in [-0.1, -0.05) is 62.2 Å². The van der Waals surface area contributed by atoms with Crippen LogP contribution in [0.4, 0.5) is 0 Å². The second-order valence-corrected chi connectivity index (χ2v) is 4.32. The second-order valence-electron chi connectivity index (χ2n) is 4.32. The van der Waals surface area contributed by atoms with Crippen LogP contribution in [0.25, 0.3) is 0 Å². The van der Waals surface area contributed by atoms with E-state index in [1.54, 1.807) is 0 Å². The zero-order chi connectivity index (χ0) is 12.3. The summed E-state index contributed by atoms with van der Waals surface area (Å²) in [5, 5.41) is 4.07. The highest BCUT2D eigenvalue weighted by atomic mass is 16.6. The molecule has 1 atom stereocenters. The highest BCUT2D eigenvalue weighted by Crippen LogP contribution is 2.10. The third kappa shape index (κ3) is 6.10. The minimum atomic E-state index is 0.557. The molecule has 0 spiro atoms. The van der Waals surface area contributed by atoms with Crippen LogP contribution in [0.1, 0.15) is 45.1 Å². The first-order valence-electron chi connectivity index (χ1n) is 6.56. The number of rotatable bonds is 8. The third-order valence-electron chi connectivity index (χ3n) is 2.87. The van der Waals surface area contributed by atoms with Gasteiger partial charge in [0, 0.05) is 6.21 Å². The fraction of sp³-hybridized carbons (Fsp3) is 0.533. The van der Waals surface area contributed by atoms with Gasteiger partial charge in [0.05, 0.1) is 0 Å². The molecule has 0 saturated carbocycles. The molecule has 1 aromatic carbocycles. The minimum absolute atomic E-state index is 0.557. The maximum Gasteiger partial charge on any atom is 0.142 e. The smallest absolute Gasteiger partial charge is 0.142 e. The Bertz CT molecular complexity index is 308. The summed E-state index contributed by atoms with van der Waals surface area (Å²) in [7, 11) is 0. The largest absolute Gasteiger partial charge is 0.391 e. The number of unbranched alkanes of at least 4 members (excludes halogenated alkanes) is 1. The molecule has 0 aliphatic rings. The molecule has 94 valence electrons. The average Bonchev–Trinajstić information content (AvgIpc) is 2.39. The fourth-order valence-corrected chi connectivity index (χ4v) is 1.67. The van der Waals surface area contributed by atoms with Crippen LogP contribution in [-0.2, 0) is 11.4 Å². The van der Waals surface area contributed by atoms with E-state index in [2.05, 4.69) is 19.0 Å². The molecule has 17 heavy (non-hydrogen) atoms. The molecule has 0 aliphatic heterocycles. The van der Waals surface area contributed by atoms with E-state index in [0.717, 1.165) is 12.0 Å². The number of oxime groups is 1. The number of nitrogens with zero attached hydrogens (tertiary/aromatic N) is 1. The zero-order valence-electron chi connectivity index (χ0n) is 10.9. The summed E-state index contributed by atoms with van der Waals surface area (Å²) >= 11 is 0. The molecule has 0 aromatic heterocycles. The summed E-state index contributed by atoms with van der Waals surface area (Å²) in [5.74, 6) is 0.561. The highest BCUT2D eigenvalue weighted by Gasteiger charge is 2.01. The van der Waals surface area contributed by atoms with Crippen molar-refractivity contribution in [3.05, 3.63) is 35.9 Å². The van der Waals surface area contributed by atoms with Gasteiger partial charge >= 0.3 is 0 Å². The Morgan fingerprint density at radius 1 is 1.24 bits per heavy atom. The van der Waals surface area contributed by atoms with Gasteiger partial charge in [-0.25, -0.2) is 0 Å². The lowest BCUT2D eigenvalue weighted by Gasteiger charge is -2.07. The molecule has 1 unspecified atom stereocenters. The summed E-state index contributed by atoms with van der Waals surface area (Å²) in [5.41, 5.74) is 1.16. The third-order valence-corrected chi connectivity index (χ3v) is 2.87. The fourth-order valence-electron chi connectivity index (χ4n) is 1.67. The van der Waals surface area contributed by atoms with E-state index in [-0.39, 0.29) is 0 Å². The summed E-state index contributed by atoms with van der Waals surface area (Å²) in [6.45, 7) is 4.97. The van der Waals surface area contributed by atoms with Crippen molar-refractivity contribution in [3.63, 3.8) is 0 Å². The van der Waals surface area contributed by atoms with Crippen LogP contribution in [0.3, 0.4) is 0 Å². The van der Waals surface area contributed by atoms with E-state index < -0.39 is 0 Å². The molecule has 0 radical (unpaired) electrons. The molecule has 1 aromatic rings. The first-order valence-corrected chi connectivity index (χ1v) is 6.56. The van der Waals surface area contributed by atoms with Crippen molar-refractivity contribution in [2.24, 2.45) is 11.1 Å². The molecular formula is C15H23NO. The lowest BCUT2D eigenvalue weighted by Crippen LogP contribution is -2.00. The Labute approximate surface area is 105 Å². The minimum Gasteiger partial charge on any atom is -0.391 e. The SMILES string of the molecule is CCCCC(/C=N/OCc1ccccc1)CC. The zero-order valence-corrected chi connectivity index (χ0v) is 10.9. The molecule has 0 aliphatic carbocycles. The highest BCUT2D eigenvalue weighted by molar-refractivity contribution is 5.59. The molecule has 0 amide bonds. The molecule has 0 fully saturated rings. The lowest BCUT2D eigenvalue weighted by molar-refractivity contribution is 0.130. The van der Waals surface area contributed by atoms with Gasteiger partial charge < -0.3 is 4.84 Å². The van der Waals surface area contributed by atoms with Gasteiger partial charge in [-0.05, 0) is 24.3 Å². The molecular weight excluding hydrogens is 210 g/mol. The average molecular weight is 233 g/mol. The molecule has 2 nitrogen and oxygen atoms in total. The van der Waals surface area contributed by atoms with Crippen LogP contribution in [0, 0.1) is 5.92 Å². The second kappa shape index (κ2) is 8.80. The summed E-state index contributed by atoms with van der Waals surface area (Å²) in [4.78, 5) is 5.30. The van der Waals surface area contributed by atoms with E-state index >= 15 is 0 Å². The monoisotopic (exact) mass is 233 g/mol. The first kappa shape index (κ1) is 13.8. The van der Waals surface area contributed by atoms with Crippen molar-refractivity contribution in [1.82, 2.24) is 0 Å². The topological polar surface area (TPSA) is 21.6 Å². The standard InChI is InChI=1S/C15H23NO/c1-3-5-9-14(4-2)12-16-17-13-15-10-7-6-8-11-15/h6-8,10-12,14H,3-5,9,13H2,1-2H3/b16-12+. The van der Waals surface area contributed by atoms with E-state index in [4.69, 9.17) is 4.84 Å². The lowest BCUT2D eigenvalue weighted by atomic mass is 10.0. The number of hydrogen-bond donors (Lipinski definition) is 0. The number of benzene rings is 1.